The summed E-state index contributed by atoms with van der Waals surface area (Å²) in [6.45, 7) is 0.261. The summed E-state index contributed by atoms with van der Waals surface area (Å²) >= 11 is 0. The quantitative estimate of drug-likeness (QED) is 0.743. The first kappa shape index (κ1) is 17.6. The van der Waals surface area contributed by atoms with E-state index >= 15 is 0 Å². The minimum atomic E-state index is -0.252. The molecular weight excluding hydrogens is 328 g/mol. The van der Waals surface area contributed by atoms with Gasteiger partial charge in [0.1, 0.15) is 0 Å². The zero-order valence-electron chi connectivity index (χ0n) is 14.7. The molecule has 0 saturated carbocycles. The molecule has 1 heterocycles. The van der Waals surface area contributed by atoms with Crippen LogP contribution in [0.1, 0.15) is 10.4 Å². The molecule has 2 aromatic carbocycles. The van der Waals surface area contributed by atoms with Crippen LogP contribution >= 0.6 is 0 Å². The van der Waals surface area contributed by atoms with Crippen molar-refractivity contribution in [1.82, 2.24) is 9.88 Å². The first-order chi connectivity index (χ1) is 12.5. The lowest BCUT2D eigenvalue weighted by molar-refractivity contribution is -0.116. The number of fused-ring (bicyclic) bond motifs is 1. The third-order valence-electron chi connectivity index (χ3n) is 3.80. The fourth-order valence-corrected chi connectivity index (χ4v) is 2.67. The SMILES string of the molecule is CN(C)CC(=O)Nc1ccccc1NC(=O)c1cccc2ncccc12. The van der Waals surface area contributed by atoms with E-state index in [-0.39, 0.29) is 18.4 Å². The number of anilines is 2. The zero-order valence-corrected chi connectivity index (χ0v) is 14.7. The average Bonchev–Trinajstić information content (AvgIpc) is 2.62. The van der Waals surface area contributed by atoms with Crippen LogP contribution in [-0.4, -0.2) is 42.3 Å². The van der Waals surface area contributed by atoms with Gasteiger partial charge in [-0.15, -0.1) is 0 Å². The molecule has 2 N–H and O–H groups in total. The van der Waals surface area contributed by atoms with Gasteiger partial charge in [0, 0.05) is 17.1 Å². The van der Waals surface area contributed by atoms with Gasteiger partial charge in [-0.05, 0) is 44.4 Å². The number of likely N-dealkylation sites (N-methyl/N-ethyl adjacent to an activating group) is 1. The smallest absolute Gasteiger partial charge is 0.256 e. The van der Waals surface area contributed by atoms with Crippen molar-refractivity contribution >= 4 is 34.1 Å². The highest BCUT2D eigenvalue weighted by Gasteiger charge is 2.13. The van der Waals surface area contributed by atoms with Crippen molar-refractivity contribution in [2.45, 2.75) is 0 Å². The van der Waals surface area contributed by atoms with Crippen LogP contribution in [0.5, 0.6) is 0 Å². The van der Waals surface area contributed by atoms with Gasteiger partial charge in [-0.1, -0.05) is 24.3 Å². The maximum atomic E-state index is 12.8. The van der Waals surface area contributed by atoms with Gasteiger partial charge in [0.05, 0.1) is 23.4 Å². The Morgan fingerprint density at radius 3 is 2.38 bits per heavy atom. The monoisotopic (exact) mass is 348 g/mol. The number of carbonyl (C=O) groups excluding carboxylic acids is 2. The van der Waals surface area contributed by atoms with Crippen molar-refractivity contribution in [3.63, 3.8) is 0 Å². The summed E-state index contributed by atoms with van der Waals surface area (Å²) in [7, 11) is 3.64. The van der Waals surface area contributed by atoms with E-state index in [0.29, 0.717) is 16.9 Å². The van der Waals surface area contributed by atoms with Gasteiger partial charge >= 0.3 is 0 Å². The molecule has 0 bridgehead atoms. The lowest BCUT2D eigenvalue weighted by atomic mass is 10.1. The zero-order chi connectivity index (χ0) is 18.5. The molecule has 0 saturated heterocycles. The van der Waals surface area contributed by atoms with Gasteiger partial charge in [0.2, 0.25) is 5.91 Å². The molecule has 3 aromatic rings. The highest BCUT2D eigenvalue weighted by Crippen LogP contribution is 2.23. The van der Waals surface area contributed by atoms with Gasteiger partial charge < -0.3 is 15.5 Å². The number of hydrogen-bond acceptors (Lipinski definition) is 4. The maximum absolute atomic E-state index is 12.8. The van der Waals surface area contributed by atoms with Crippen molar-refractivity contribution < 1.29 is 9.59 Å². The Morgan fingerprint density at radius 1 is 0.923 bits per heavy atom. The predicted octanol–water partition coefficient (Wildman–Crippen LogP) is 2.99. The predicted molar refractivity (Wildman–Crippen MR) is 103 cm³/mol. The Morgan fingerprint density at radius 2 is 1.65 bits per heavy atom. The van der Waals surface area contributed by atoms with Crippen LogP contribution in [-0.2, 0) is 4.79 Å². The molecule has 0 radical (unpaired) electrons. The number of nitrogens with one attached hydrogen (secondary N) is 2. The van der Waals surface area contributed by atoms with Crippen molar-refractivity contribution in [3.05, 3.63) is 66.4 Å². The number of aromatic nitrogens is 1. The lowest BCUT2D eigenvalue weighted by Gasteiger charge is -2.14. The van der Waals surface area contributed by atoms with E-state index in [1.165, 1.54) is 0 Å². The van der Waals surface area contributed by atoms with Gasteiger partial charge in [0.15, 0.2) is 0 Å². The molecule has 132 valence electrons. The molecule has 26 heavy (non-hydrogen) atoms. The summed E-state index contributed by atoms with van der Waals surface area (Å²) in [4.78, 5) is 30.9. The standard InChI is InChI=1S/C20H20N4O2/c1-24(2)13-19(25)22-17-9-3-4-10-18(17)23-20(26)15-7-5-11-16-14(15)8-6-12-21-16/h3-12H,13H2,1-2H3,(H,22,25)(H,23,26). The molecule has 6 heteroatoms. The molecule has 0 spiro atoms. The highest BCUT2D eigenvalue weighted by molar-refractivity contribution is 6.13. The van der Waals surface area contributed by atoms with Gasteiger partial charge in [0.25, 0.3) is 5.91 Å². The van der Waals surface area contributed by atoms with Crippen LogP contribution < -0.4 is 10.6 Å². The van der Waals surface area contributed by atoms with E-state index in [0.717, 1.165) is 10.9 Å². The third-order valence-corrected chi connectivity index (χ3v) is 3.80. The summed E-state index contributed by atoms with van der Waals surface area (Å²) < 4.78 is 0. The largest absolute Gasteiger partial charge is 0.323 e. The van der Waals surface area contributed by atoms with Crippen molar-refractivity contribution in [2.24, 2.45) is 0 Å². The van der Waals surface area contributed by atoms with E-state index in [1.54, 1.807) is 41.4 Å². The molecule has 0 aliphatic rings. The van der Waals surface area contributed by atoms with Gasteiger partial charge in [-0.3, -0.25) is 14.6 Å². The summed E-state index contributed by atoms with van der Waals surface area (Å²) in [6.07, 6.45) is 1.69. The van der Waals surface area contributed by atoms with Crippen molar-refractivity contribution in [1.29, 1.82) is 0 Å². The maximum Gasteiger partial charge on any atom is 0.256 e. The van der Waals surface area contributed by atoms with E-state index in [4.69, 9.17) is 0 Å². The number of benzene rings is 2. The molecular formula is C20H20N4O2. The molecule has 2 amide bonds. The Kier molecular flexibility index (Phi) is 5.24. The summed E-state index contributed by atoms with van der Waals surface area (Å²) in [5, 5.41) is 6.49. The second-order valence-corrected chi connectivity index (χ2v) is 6.16. The molecule has 6 nitrogen and oxygen atoms in total. The molecule has 1 aromatic heterocycles. The number of pyridine rings is 1. The fraction of sp³-hybridized carbons (Fsp3) is 0.150. The second-order valence-electron chi connectivity index (χ2n) is 6.16. The number of nitrogens with zero attached hydrogens (tertiary/aromatic N) is 2. The normalized spacial score (nSPS) is 10.7. The Bertz CT molecular complexity index is 948. The van der Waals surface area contributed by atoms with Crippen LogP contribution in [0, 0.1) is 0 Å². The van der Waals surface area contributed by atoms with Gasteiger partial charge in [-0.25, -0.2) is 0 Å². The molecule has 0 atom stereocenters. The number of rotatable bonds is 5. The summed E-state index contributed by atoms with van der Waals surface area (Å²) in [5.74, 6) is -0.399. The van der Waals surface area contributed by atoms with Crippen LogP contribution in [0.15, 0.2) is 60.8 Å². The molecule has 0 aliphatic carbocycles. The Balaban J connectivity index is 1.85. The molecule has 0 unspecified atom stereocenters. The third kappa shape index (κ3) is 4.04. The van der Waals surface area contributed by atoms with E-state index in [9.17, 15) is 9.59 Å². The fourth-order valence-electron chi connectivity index (χ4n) is 2.67. The van der Waals surface area contributed by atoms with Crippen molar-refractivity contribution in [3.8, 4) is 0 Å². The van der Waals surface area contributed by atoms with E-state index < -0.39 is 0 Å². The minimum absolute atomic E-state index is 0.147. The molecule has 3 rings (SSSR count). The highest BCUT2D eigenvalue weighted by atomic mass is 16.2. The first-order valence-corrected chi connectivity index (χ1v) is 8.23. The van der Waals surface area contributed by atoms with Crippen LogP contribution in [0.25, 0.3) is 10.9 Å². The lowest BCUT2D eigenvalue weighted by Crippen LogP contribution is -2.27. The number of carbonyl (C=O) groups is 2. The minimum Gasteiger partial charge on any atom is -0.323 e. The van der Waals surface area contributed by atoms with E-state index in [1.807, 2.05) is 38.4 Å². The second kappa shape index (κ2) is 7.76. The molecule has 0 fully saturated rings. The van der Waals surface area contributed by atoms with E-state index in [2.05, 4.69) is 15.6 Å². The number of para-hydroxylation sites is 2. The molecule has 0 aliphatic heterocycles. The van der Waals surface area contributed by atoms with Crippen LogP contribution in [0.4, 0.5) is 11.4 Å². The first-order valence-electron chi connectivity index (χ1n) is 8.23. The topological polar surface area (TPSA) is 74.3 Å². The number of amides is 2. The number of hydrogen-bond donors (Lipinski definition) is 2. The summed E-state index contributed by atoms with van der Waals surface area (Å²) in [6, 6.07) is 16.2. The van der Waals surface area contributed by atoms with Crippen molar-refractivity contribution in [2.75, 3.05) is 31.3 Å². The Labute approximate surface area is 151 Å². The summed E-state index contributed by atoms with van der Waals surface area (Å²) in [5.41, 5.74) is 2.40. The van der Waals surface area contributed by atoms with Crippen LogP contribution in [0.2, 0.25) is 0 Å². The average molecular weight is 348 g/mol. The van der Waals surface area contributed by atoms with Gasteiger partial charge in [-0.2, -0.15) is 0 Å². The Hall–Kier alpha value is -3.25. The van der Waals surface area contributed by atoms with Crippen LogP contribution in [0.3, 0.4) is 0 Å².